The van der Waals surface area contributed by atoms with Crippen molar-refractivity contribution in [3.05, 3.63) is 23.9 Å². The summed E-state index contributed by atoms with van der Waals surface area (Å²) in [6.07, 6.45) is 6.32. The van der Waals surface area contributed by atoms with Gasteiger partial charge in [0.25, 0.3) is 0 Å². The van der Waals surface area contributed by atoms with Crippen LogP contribution < -0.4 is 5.32 Å². The van der Waals surface area contributed by atoms with Gasteiger partial charge in [-0.15, -0.1) is 0 Å². The van der Waals surface area contributed by atoms with E-state index in [1.807, 2.05) is 14.0 Å². The molecule has 0 heterocycles. The maximum atomic E-state index is 3.05. The summed E-state index contributed by atoms with van der Waals surface area (Å²) >= 11 is 0. The van der Waals surface area contributed by atoms with Gasteiger partial charge < -0.3 is 5.32 Å². The minimum Gasteiger partial charge on any atom is -0.392 e. The quantitative estimate of drug-likeness (QED) is 0.592. The minimum absolute atomic E-state index is 0.640. The molecule has 0 saturated heterocycles. The molecule has 1 heteroatoms. The predicted molar refractivity (Wildman–Crippen MR) is 46.8 cm³/mol. The fourth-order valence-electron chi connectivity index (χ4n) is 0.505. The van der Waals surface area contributed by atoms with Crippen LogP contribution in [0.25, 0.3) is 0 Å². The van der Waals surface area contributed by atoms with Gasteiger partial charge in [-0.05, 0) is 18.9 Å². The second-order valence-electron chi connectivity index (χ2n) is 2.73. The van der Waals surface area contributed by atoms with E-state index >= 15 is 0 Å². The molecule has 0 atom stereocenters. The van der Waals surface area contributed by atoms with Crippen LogP contribution in [-0.4, -0.2) is 7.05 Å². The Hall–Kier alpha value is -0.720. The zero-order valence-corrected chi connectivity index (χ0v) is 7.31. The van der Waals surface area contributed by atoms with Crippen LogP contribution in [0.15, 0.2) is 23.9 Å². The highest BCUT2D eigenvalue weighted by Gasteiger charge is 1.80. The molecule has 0 aromatic carbocycles. The summed E-state index contributed by atoms with van der Waals surface area (Å²) in [5, 5.41) is 3.05. The number of nitrogens with one attached hydrogen (secondary N) is 1. The van der Waals surface area contributed by atoms with Gasteiger partial charge in [-0.25, -0.2) is 0 Å². The molecule has 0 fully saturated rings. The van der Waals surface area contributed by atoms with E-state index in [1.165, 1.54) is 5.70 Å². The monoisotopic (exact) mass is 139 g/mol. The topological polar surface area (TPSA) is 12.0 Å². The summed E-state index contributed by atoms with van der Waals surface area (Å²) in [4.78, 5) is 0. The Balaban J connectivity index is 3.70. The van der Waals surface area contributed by atoms with Crippen LogP contribution in [0.2, 0.25) is 0 Å². The molecule has 58 valence electrons. The van der Waals surface area contributed by atoms with E-state index in [9.17, 15) is 0 Å². The van der Waals surface area contributed by atoms with Crippen molar-refractivity contribution in [3.8, 4) is 0 Å². The SMILES string of the molecule is CN/C(C)=C\C=CC(C)C. The van der Waals surface area contributed by atoms with Gasteiger partial charge >= 0.3 is 0 Å². The standard InChI is InChI=1S/C9H17N/c1-8(2)6-5-7-9(3)10-4/h5-8,10H,1-4H3/b6-5?,9-7-. The van der Waals surface area contributed by atoms with Crippen molar-refractivity contribution >= 4 is 0 Å². The van der Waals surface area contributed by atoms with Crippen LogP contribution in [0.4, 0.5) is 0 Å². The molecule has 10 heavy (non-hydrogen) atoms. The lowest BCUT2D eigenvalue weighted by atomic mass is 10.2. The number of hydrogen-bond acceptors (Lipinski definition) is 1. The second kappa shape index (κ2) is 5.10. The normalized spacial score (nSPS) is 13.1. The van der Waals surface area contributed by atoms with Crippen molar-refractivity contribution in [2.45, 2.75) is 20.8 Å². The molecule has 0 amide bonds. The van der Waals surface area contributed by atoms with E-state index in [0.29, 0.717) is 5.92 Å². The minimum atomic E-state index is 0.640. The third-order valence-electron chi connectivity index (χ3n) is 1.24. The van der Waals surface area contributed by atoms with Gasteiger partial charge in [0.05, 0.1) is 0 Å². The van der Waals surface area contributed by atoms with Crippen LogP contribution in [0.3, 0.4) is 0 Å². The van der Waals surface area contributed by atoms with E-state index in [0.717, 1.165) is 0 Å². The molecule has 1 nitrogen and oxygen atoms in total. The lowest BCUT2D eigenvalue weighted by molar-refractivity contribution is 0.831. The lowest BCUT2D eigenvalue weighted by Gasteiger charge is -1.95. The Kier molecular flexibility index (Phi) is 4.73. The van der Waals surface area contributed by atoms with Gasteiger partial charge in [-0.1, -0.05) is 26.0 Å². The molecule has 0 aromatic rings. The second-order valence-corrected chi connectivity index (χ2v) is 2.73. The molecule has 0 radical (unpaired) electrons. The highest BCUT2D eigenvalue weighted by Crippen LogP contribution is 1.94. The Morgan fingerprint density at radius 2 is 2.00 bits per heavy atom. The first-order valence-electron chi connectivity index (χ1n) is 3.69. The zero-order valence-electron chi connectivity index (χ0n) is 7.31. The van der Waals surface area contributed by atoms with Crippen molar-refractivity contribution in [1.82, 2.24) is 5.32 Å². The average molecular weight is 139 g/mol. The summed E-state index contributed by atoms with van der Waals surface area (Å²) in [5.41, 5.74) is 1.19. The molecule has 1 N–H and O–H groups in total. The van der Waals surface area contributed by atoms with Gasteiger partial charge in [-0.2, -0.15) is 0 Å². The predicted octanol–water partition coefficient (Wildman–Crippen LogP) is 2.32. The number of rotatable bonds is 3. The van der Waals surface area contributed by atoms with E-state index in [-0.39, 0.29) is 0 Å². The van der Waals surface area contributed by atoms with Crippen molar-refractivity contribution in [2.24, 2.45) is 5.92 Å². The Morgan fingerprint density at radius 1 is 1.40 bits per heavy atom. The van der Waals surface area contributed by atoms with Crippen LogP contribution in [0.1, 0.15) is 20.8 Å². The van der Waals surface area contributed by atoms with E-state index < -0.39 is 0 Å². The van der Waals surface area contributed by atoms with Crippen LogP contribution in [-0.2, 0) is 0 Å². The number of hydrogen-bond donors (Lipinski definition) is 1. The largest absolute Gasteiger partial charge is 0.392 e. The molecule has 0 spiro atoms. The maximum absolute atomic E-state index is 3.05. The first-order valence-corrected chi connectivity index (χ1v) is 3.69. The maximum Gasteiger partial charge on any atom is 0.00723 e. The van der Waals surface area contributed by atoms with Gasteiger partial charge in [0.15, 0.2) is 0 Å². The molecule has 0 aromatic heterocycles. The third-order valence-corrected chi connectivity index (χ3v) is 1.24. The fraction of sp³-hybridized carbons (Fsp3) is 0.556. The number of allylic oxidation sites excluding steroid dienone is 4. The lowest BCUT2D eigenvalue weighted by Crippen LogP contribution is -2.00. The van der Waals surface area contributed by atoms with E-state index in [1.54, 1.807) is 0 Å². The molecule has 0 saturated carbocycles. The summed E-state index contributed by atoms with van der Waals surface area (Å²) in [7, 11) is 1.93. The molecule has 0 unspecified atom stereocenters. The summed E-state index contributed by atoms with van der Waals surface area (Å²) < 4.78 is 0. The molecular weight excluding hydrogens is 122 g/mol. The first-order chi connectivity index (χ1) is 4.66. The van der Waals surface area contributed by atoms with Crippen molar-refractivity contribution in [2.75, 3.05) is 7.05 Å². The van der Waals surface area contributed by atoms with E-state index in [4.69, 9.17) is 0 Å². The van der Waals surface area contributed by atoms with Crippen LogP contribution in [0.5, 0.6) is 0 Å². The fourth-order valence-corrected chi connectivity index (χ4v) is 0.505. The van der Waals surface area contributed by atoms with Gasteiger partial charge in [0.2, 0.25) is 0 Å². The van der Waals surface area contributed by atoms with Crippen LogP contribution >= 0.6 is 0 Å². The summed E-state index contributed by atoms with van der Waals surface area (Å²) in [5.74, 6) is 0.640. The summed E-state index contributed by atoms with van der Waals surface area (Å²) in [6, 6.07) is 0. The molecule has 0 rings (SSSR count). The molecule has 0 aliphatic rings. The van der Waals surface area contributed by atoms with Crippen LogP contribution in [0, 0.1) is 5.92 Å². The van der Waals surface area contributed by atoms with Crippen molar-refractivity contribution in [3.63, 3.8) is 0 Å². The van der Waals surface area contributed by atoms with Gasteiger partial charge in [0.1, 0.15) is 0 Å². The third kappa shape index (κ3) is 5.42. The smallest absolute Gasteiger partial charge is 0.00723 e. The molecule has 0 bridgehead atoms. The molecular formula is C9H17N. The first kappa shape index (κ1) is 9.28. The van der Waals surface area contributed by atoms with Gasteiger partial charge in [-0.3, -0.25) is 0 Å². The Labute approximate surface area is 63.8 Å². The molecule has 0 aliphatic heterocycles. The summed E-state index contributed by atoms with van der Waals surface area (Å²) in [6.45, 7) is 6.38. The molecule has 0 aliphatic carbocycles. The van der Waals surface area contributed by atoms with E-state index in [2.05, 4.69) is 37.4 Å². The highest BCUT2D eigenvalue weighted by atomic mass is 14.8. The Bertz CT molecular complexity index is 132. The van der Waals surface area contributed by atoms with Crippen molar-refractivity contribution < 1.29 is 0 Å². The Morgan fingerprint density at radius 3 is 2.40 bits per heavy atom. The zero-order chi connectivity index (χ0) is 7.98. The van der Waals surface area contributed by atoms with Crippen molar-refractivity contribution in [1.29, 1.82) is 0 Å². The highest BCUT2D eigenvalue weighted by molar-refractivity contribution is 5.08. The van der Waals surface area contributed by atoms with Gasteiger partial charge in [0, 0.05) is 12.7 Å². The average Bonchev–Trinajstić information content (AvgIpc) is 1.87.